The molecule has 0 radical (unpaired) electrons. The summed E-state index contributed by atoms with van der Waals surface area (Å²) in [5, 5.41) is 0.440. The van der Waals surface area contributed by atoms with Crippen LogP contribution in [-0.4, -0.2) is 60.4 Å². The predicted molar refractivity (Wildman–Crippen MR) is 191 cm³/mol. The van der Waals surface area contributed by atoms with Crippen molar-refractivity contribution in [1.29, 1.82) is 0 Å². The molecule has 0 saturated heterocycles. The molecule has 2 aliphatic heterocycles. The molecule has 2 heterocycles. The van der Waals surface area contributed by atoms with Gasteiger partial charge in [-0.1, -0.05) is 31.0 Å². The Morgan fingerprint density at radius 2 is 1.98 bits per heavy atom. The van der Waals surface area contributed by atoms with Crippen molar-refractivity contribution < 1.29 is 23.3 Å². The average Bonchev–Trinajstić information content (AvgIpc) is 3.18. The van der Waals surface area contributed by atoms with Gasteiger partial charge < -0.3 is 14.4 Å². The Morgan fingerprint density at radius 1 is 1.15 bits per heavy atom. The van der Waals surface area contributed by atoms with Crippen LogP contribution in [0.5, 0.6) is 5.75 Å². The Labute approximate surface area is 286 Å². The van der Waals surface area contributed by atoms with Gasteiger partial charge in [0.2, 0.25) is 0 Å². The minimum atomic E-state index is -2.93. The number of ether oxygens (including phenoxy) is 2. The number of Topliss-reactive ketones (excluding diaryl/α,β-unsaturated/α-hetero) is 1. The Balaban J connectivity index is 1.40. The highest BCUT2D eigenvalue weighted by Gasteiger charge is 2.45. The normalized spacial score (nSPS) is 32.6. The third-order valence-electron chi connectivity index (χ3n) is 11.8. The number of carbonyl (C=O) groups excluding carboxylic acids is 2. The van der Waals surface area contributed by atoms with Crippen LogP contribution >= 0.6 is 11.6 Å². The molecule has 256 valence electrons. The second-order valence-electron chi connectivity index (χ2n) is 14.7. The van der Waals surface area contributed by atoms with E-state index in [0.717, 1.165) is 87.3 Å². The lowest BCUT2D eigenvalue weighted by molar-refractivity contribution is -0.127. The number of nitrogens with one attached hydrogen (secondary N) is 1. The zero-order valence-electron chi connectivity index (χ0n) is 28.2. The van der Waals surface area contributed by atoms with Gasteiger partial charge >= 0.3 is 0 Å². The van der Waals surface area contributed by atoms with E-state index in [0.29, 0.717) is 42.8 Å². The summed E-state index contributed by atoms with van der Waals surface area (Å²) in [4.78, 5) is 29.9. The molecule has 2 aromatic carbocycles. The second-order valence-corrected chi connectivity index (χ2v) is 17.6. The quantitative estimate of drug-likeness (QED) is 0.270. The Hall–Kier alpha value is -2.55. The SMILES string of the molecule is C=S1(=O)NC(=O)c2ccc3c(c2)N(C[C@@H]2CC[C@H]2[C@@H](C(=O)CCCOC)CCC[C@H](C)[C@H]1C)C[C@@]1(CCCc2cc(Cl)ccc21)CO3. The molecule has 1 amide bonds. The fraction of sp³-hybridized carbons (Fsp3) is 0.605. The summed E-state index contributed by atoms with van der Waals surface area (Å²) >= 11 is 6.46. The van der Waals surface area contributed by atoms with Crippen molar-refractivity contribution in [3.8, 4) is 5.75 Å². The molecule has 1 fully saturated rings. The van der Waals surface area contributed by atoms with Gasteiger partial charge in [-0.3, -0.25) is 14.3 Å². The van der Waals surface area contributed by atoms with Crippen LogP contribution in [0.2, 0.25) is 5.02 Å². The summed E-state index contributed by atoms with van der Waals surface area (Å²) in [6.07, 6.45) is 8.99. The zero-order valence-corrected chi connectivity index (χ0v) is 29.8. The van der Waals surface area contributed by atoms with Crippen LogP contribution in [0.4, 0.5) is 5.69 Å². The average molecular weight is 683 g/mol. The van der Waals surface area contributed by atoms with E-state index in [1.807, 2.05) is 25.1 Å². The van der Waals surface area contributed by atoms with Crippen LogP contribution in [0.15, 0.2) is 36.4 Å². The van der Waals surface area contributed by atoms with Crippen LogP contribution in [0, 0.1) is 23.7 Å². The number of amides is 1. The third kappa shape index (κ3) is 7.11. The summed E-state index contributed by atoms with van der Waals surface area (Å²) in [5.41, 5.74) is 3.67. The van der Waals surface area contributed by atoms with Gasteiger partial charge in [-0.2, -0.15) is 0 Å². The molecular formula is C38H51ClN2O5S. The van der Waals surface area contributed by atoms with Gasteiger partial charge in [0.1, 0.15) is 11.5 Å². The van der Waals surface area contributed by atoms with Crippen molar-refractivity contribution >= 4 is 44.6 Å². The minimum absolute atomic E-state index is 0.00497. The summed E-state index contributed by atoms with van der Waals surface area (Å²) in [5.74, 6) is 5.50. The van der Waals surface area contributed by atoms with Crippen molar-refractivity contribution in [2.75, 3.05) is 38.3 Å². The molecule has 7 nitrogen and oxygen atoms in total. The number of fused-ring (bicyclic) bond motifs is 4. The maximum atomic E-state index is 13.8. The molecule has 1 spiro atoms. The number of aryl methyl sites for hydroxylation is 1. The zero-order chi connectivity index (χ0) is 33.3. The van der Waals surface area contributed by atoms with Crippen molar-refractivity contribution in [1.82, 2.24) is 4.72 Å². The molecule has 6 rings (SSSR count). The maximum Gasteiger partial charge on any atom is 0.262 e. The number of anilines is 1. The minimum Gasteiger partial charge on any atom is -0.490 e. The van der Waals surface area contributed by atoms with E-state index >= 15 is 0 Å². The lowest BCUT2D eigenvalue weighted by atomic mass is 9.63. The fourth-order valence-electron chi connectivity index (χ4n) is 8.66. The van der Waals surface area contributed by atoms with Gasteiger partial charge in [-0.05, 0) is 123 Å². The van der Waals surface area contributed by atoms with Crippen LogP contribution in [-0.2, 0) is 31.1 Å². The summed E-state index contributed by atoms with van der Waals surface area (Å²) in [7, 11) is -1.24. The molecule has 4 aliphatic rings. The van der Waals surface area contributed by atoms with E-state index in [4.69, 9.17) is 21.1 Å². The molecule has 47 heavy (non-hydrogen) atoms. The molecule has 9 heteroatoms. The molecule has 7 atom stereocenters. The van der Waals surface area contributed by atoms with E-state index in [1.165, 1.54) is 11.1 Å². The van der Waals surface area contributed by atoms with Gasteiger partial charge in [0.25, 0.3) is 5.91 Å². The second kappa shape index (κ2) is 14.1. The van der Waals surface area contributed by atoms with Crippen LogP contribution in [0.1, 0.15) is 93.1 Å². The number of hydrogen-bond acceptors (Lipinski definition) is 6. The number of carbonyl (C=O) groups is 2. The van der Waals surface area contributed by atoms with Gasteiger partial charge in [-0.25, -0.2) is 4.21 Å². The number of nitrogens with zero attached hydrogens (tertiary/aromatic N) is 1. The standard InChI is InChI=1S/C38H51ClN2O5S/c1-25-8-5-10-32(35(42)11-7-19-45-3)31-15-12-29(31)22-41-23-38(18-6-9-27-20-30(39)14-16-33(27)38)24-46-36-17-13-28(21-34(36)41)37(43)40-47(4,44)26(25)2/h13-14,16-17,20-21,25-26,29,31-32H,4-12,15,18-19,22-24H2,1-3H3,(H,40,43,44)/t25-,26+,29-,31+,32-,38-,47?/m0/s1. The summed E-state index contributed by atoms with van der Waals surface area (Å²) < 4.78 is 28.6. The Bertz CT molecular complexity index is 1590. The van der Waals surface area contributed by atoms with E-state index < -0.39 is 9.71 Å². The maximum absolute atomic E-state index is 13.8. The van der Waals surface area contributed by atoms with Gasteiger partial charge in [-0.15, -0.1) is 0 Å². The number of halogens is 1. The molecule has 2 bridgehead atoms. The van der Waals surface area contributed by atoms with Crippen molar-refractivity contribution in [3.63, 3.8) is 0 Å². The molecule has 1 unspecified atom stereocenters. The number of hydrogen-bond donors (Lipinski definition) is 1. The van der Waals surface area contributed by atoms with Gasteiger partial charge in [0.15, 0.2) is 0 Å². The lowest BCUT2D eigenvalue weighted by Gasteiger charge is -2.46. The Kier molecular flexibility index (Phi) is 10.3. The number of ketones is 1. The molecule has 2 aliphatic carbocycles. The highest BCUT2D eigenvalue weighted by Crippen LogP contribution is 2.48. The third-order valence-corrected chi connectivity index (χ3v) is 14.2. The molecular weight excluding hydrogens is 632 g/mol. The van der Waals surface area contributed by atoms with E-state index in [2.05, 4.69) is 34.5 Å². The fourth-order valence-corrected chi connectivity index (χ4v) is 10.4. The lowest BCUT2D eigenvalue weighted by Crippen LogP contribution is -2.49. The largest absolute Gasteiger partial charge is 0.490 e. The first-order valence-electron chi connectivity index (χ1n) is 17.5. The number of methoxy groups -OCH3 is 1. The molecule has 0 aromatic heterocycles. The summed E-state index contributed by atoms with van der Waals surface area (Å²) in [6, 6.07) is 11.8. The smallest absolute Gasteiger partial charge is 0.262 e. The summed E-state index contributed by atoms with van der Waals surface area (Å²) in [6.45, 7) is 6.66. The highest BCUT2D eigenvalue weighted by molar-refractivity contribution is 7.99. The first-order valence-corrected chi connectivity index (χ1v) is 19.7. The van der Waals surface area contributed by atoms with Gasteiger partial charge in [0.05, 0.1) is 22.0 Å². The van der Waals surface area contributed by atoms with Crippen molar-refractivity contribution in [3.05, 3.63) is 58.1 Å². The van der Waals surface area contributed by atoms with Gasteiger partial charge in [0, 0.05) is 60.4 Å². The van der Waals surface area contributed by atoms with E-state index in [9.17, 15) is 13.8 Å². The molecule has 2 aromatic rings. The topological polar surface area (TPSA) is 84.9 Å². The molecule has 1 saturated carbocycles. The first-order chi connectivity index (χ1) is 22.5. The highest BCUT2D eigenvalue weighted by atomic mass is 35.5. The van der Waals surface area contributed by atoms with Crippen molar-refractivity contribution in [2.45, 2.75) is 88.7 Å². The van der Waals surface area contributed by atoms with Crippen LogP contribution in [0.25, 0.3) is 0 Å². The predicted octanol–water partition coefficient (Wildman–Crippen LogP) is 7.02. The molecule has 1 N–H and O–H groups in total. The van der Waals surface area contributed by atoms with E-state index in [1.54, 1.807) is 13.2 Å². The van der Waals surface area contributed by atoms with Crippen LogP contribution < -0.4 is 14.4 Å². The van der Waals surface area contributed by atoms with E-state index in [-0.39, 0.29) is 28.4 Å². The van der Waals surface area contributed by atoms with Crippen LogP contribution in [0.3, 0.4) is 0 Å². The monoisotopic (exact) mass is 682 g/mol. The number of benzene rings is 2. The number of rotatable bonds is 5. The Morgan fingerprint density at radius 3 is 2.74 bits per heavy atom. The first kappa shape index (κ1) is 34.3. The van der Waals surface area contributed by atoms with Crippen molar-refractivity contribution in [2.24, 2.45) is 23.7 Å².